The van der Waals surface area contributed by atoms with Crippen LogP contribution in [0.3, 0.4) is 0 Å². The summed E-state index contributed by atoms with van der Waals surface area (Å²) in [5, 5.41) is 6.35. The number of halogens is 1. The van der Waals surface area contributed by atoms with E-state index in [0.717, 1.165) is 41.4 Å². The largest absolute Gasteiger partial charge is 0.497 e. The van der Waals surface area contributed by atoms with Gasteiger partial charge in [0.15, 0.2) is 0 Å². The van der Waals surface area contributed by atoms with Gasteiger partial charge in [-0.25, -0.2) is 0 Å². The molecule has 0 aromatic heterocycles. The Balaban J connectivity index is 0.00000243. The molecular formula is C20H25ClN2O3. The van der Waals surface area contributed by atoms with E-state index in [0.29, 0.717) is 13.0 Å². The van der Waals surface area contributed by atoms with Crippen molar-refractivity contribution in [3.05, 3.63) is 53.6 Å². The monoisotopic (exact) mass is 376 g/mol. The first-order valence-corrected chi connectivity index (χ1v) is 8.60. The standard InChI is InChI=1S/C20H24N2O3.ClH/c1-3-21-12-14-6-4-5-7-18(14)22-20(23)16-10-15-11-17(24-2)8-9-19(15)25-13-16;/h4-9,11,16,21H,3,10,12-13H2,1-2H3,(H,22,23);1H. The van der Waals surface area contributed by atoms with Crippen molar-refractivity contribution in [2.45, 2.75) is 19.9 Å². The maximum Gasteiger partial charge on any atom is 0.231 e. The smallest absolute Gasteiger partial charge is 0.231 e. The Morgan fingerprint density at radius 1 is 1.27 bits per heavy atom. The third-order valence-corrected chi connectivity index (χ3v) is 4.39. The topological polar surface area (TPSA) is 59.6 Å². The van der Waals surface area contributed by atoms with E-state index in [1.807, 2.05) is 42.5 Å². The average Bonchev–Trinajstić information content (AvgIpc) is 2.66. The second-order valence-electron chi connectivity index (χ2n) is 6.11. The van der Waals surface area contributed by atoms with Crippen LogP contribution in [0.25, 0.3) is 0 Å². The summed E-state index contributed by atoms with van der Waals surface area (Å²) in [7, 11) is 1.64. The molecule has 0 saturated carbocycles. The third-order valence-electron chi connectivity index (χ3n) is 4.39. The molecule has 3 rings (SSSR count). The van der Waals surface area contributed by atoms with Crippen molar-refractivity contribution in [1.82, 2.24) is 5.32 Å². The van der Waals surface area contributed by atoms with Crippen LogP contribution >= 0.6 is 12.4 Å². The van der Waals surface area contributed by atoms with Gasteiger partial charge in [0, 0.05) is 12.2 Å². The second kappa shape index (κ2) is 9.46. The van der Waals surface area contributed by atoms with Crippen LogP contribution in [0.2, 0.25) is 0 Å². The van der Waals surface area contributed by atoms with E-state index in [1.165, 1.54) is 0 Å². The lowest BCUT2D eigenvalue weighted by Gasteiger charge is -2.25. The summed E-state index contributed by atoms with van der Waals surface area (Å²) in [5.41, 5.74) is 2.94. The molecule has 6 heteroatoms. The lowest BCUT2D eigenvalue weighted by molar-refractivity contribution is -0.121. The number of carbonyl (C=O) groups is 1. The Hall–Kier alpha value is -2.24. The molecule has 5 nitrogen and oxygen atoms in total. The van der Waals surface area contributed by atoms with Gasteiger partial charge >= 0.3 is 0 Å². The number of methoxy groups -OCH3 is 1. The van der Waals surface area contributed by atoms with Crippen LogP contribution in [0, 0.1) is 5.92 Å². The Bertz CT molecular complexity index is 752. The van der Waals surface area contributed by atoms with E-state index >= 15 is 0 Å². The Morgan fingerprint density at radius 3 is 2.85 bits per heavy atom. The van der Waals surface area contributed by atoms with E-state index in [9.17, 15) is 4.79 Å². The minimum Gasteiger partial charge on any atom is -0.497 e. The van der Waals surface area contributed by atoms with E-state index in [-0.39, 0.29) is 24.2 Å². The molecule has 0 aliphatic carbocycles. The second-order valence-corrected chi connectivity index (χ2v) is 6.11. The predicted molar refractivity (Wildman–Crippen MR) is 105 cm³/mol. The first-order valence-electron chi connectivity index (χ1n) is 8.60. The fraction of sp³-hybridized carbons (Fsp3) is 0.350. The van der Waals surface area contributed by atoms with Crippen molar-refractivity contribution >= 4 is 24.0 Å². The molecule has 1 amide bonds. The fourth-order valence-corrected chi connectivity index (χ4v) is 2.96. The van der Waals surface area contributed by atoms with E-state index < -0.39 is 0 Å². The highest BCUT2D eigenvalue weighted by Gasteiger charge is 2.26. The predicted octanol–water partition coefficient (Wildman–Crippen LogP) is 3.42. The van der Waals surface area contributed by atoms with Gasteiger partial charge in [-0.1, -0.05) is 25.1 Å². The minimum absolute atomic E-state index is 0. The molecule has 1 atom stereocenters. The van der Waals surface area contributed by atoms with Crippen LogP contribution in [-0.2, 0) is 17.8 Å². The molecular weight excluding hydrogens is 352 g/mol. The molecule has 0 fully saturated rings. The van der Waals surface area contributed by atoms with Crippen molar-refractivity contribution in [2.24, 2.45) is 5.92 Å². The maximum atomic E-state index is 12.7. The zero-order chi connectivity index (χ0) is 17.6. The van der Waals surface area contributed by atoms with Gasteiger partial charge in [-0.15, -0.1) is 12.4 Å². The number of hydrogen-bond donors (Lipinski definition) is 2. The molecule has 1 aliphatic rings. The summed E-state index contributed by atoms with van der Waals surface area (Å²) in [5.74, 6) is 1.38. The van der Waals surface area contributed by atoms with Crippen LogP contribution in [0.4, 0.5) is 5.69 Å². The minimum atomic E-state index is -0.216. The van der Waals surface area contributed by atoms with Crippen molar-refractivity contribution in [1.29, 1.82) is 0 Å². The van der Waals surface area contributed by atoms with Gasteiger partial charge in [0.1, 0.15) is 18.1 Å². The van der Waals surface area contributed by atoms with Crippen molar-refractivity contribution in [3.8, 4) is 11.5 Å². The number of rotatable bonds is 6. The van der Waals surface area contributed by atoms with Gasteiger partial charge < -0.3 is 20.1 Å². The molecule has 140 valence electrons. The van der Waals surface area contributed by atoms with Gasteiger partial charge in [0.25, 0.3) is 0 Å². The molecule has 2 aromatic rings. The zero-order valence-corrected chi connectivity index (χ0v) is 15.9. The zero-order valence-electron chi connectivity index (χ0n) is 15.1. The third kappa shape index (κ3) is 4.68. The van der Waals surface area contributed by atoms with E-state index in [1.54, 1.807) is 7.11 Å². The van der Waals surface area contributed by atoms with Gasteiger partial charge in [0.2, 0.25) is 5.91 Å². The molecule has 26 heavy (non-hydrogen) atoms. The first kappa shape index (κ1) is 20.1. The molecule has 1 aliphatic heterocycles. The quantitative estimate of drug-likeness (QED) is 0.811. The number of ether oxygens (including phenoxy) is 2. The summed E-state index contributed by atoms with van der Waals surface area (Å²) >= 11 is 0. The Kier molecular flexibility index (Phi) is 7.30. The summed E-state index contributed by atoms with van der Waals surface area (Å²) in [6.45, 7) is 4.07. The van der Waals surface area contributed by atoms with Crippen molar-refractivity contribution in [2.75, 3.05) is 25.6 Å². The maximum absolute atomic E-state index is 12.7. The normalized spacial score (nSPS) is 15.2. The number of para-hydroxylation sites is 1. The molecule has 0 bridgehead atoms. The molecule has 1 unspecified atom stereocenters. The van der Waals surface area contributed by atoms with E-state index in [2.05, 4.69) is 17.6 Å². The summed E-state index contributed by atoms with van der Waals surface area (Å²) in [4.78, 5) is 12.7. The highest BCUT2D eigenvalue weighted by atomic mass is 35.5. The number of fused-ring (bicyclic) bond motifs is 1. The fourth-order valence-electron chi connectivity index (χ4n) is 2.96. The molecule has 1 heterocycles. The Labute approximate surface area is 160 Å². The lowest BCUT2D eigenvalue weighted by Crippen LogP contribution is -2.33. The van der Waals surface area contributed by atoms with Gasteiger partial charge in [0.05, 0.1) is 13.0 Å². The van der Waals surface area contributed by atoms with Gasteiger partial charge in [-0.2, -0.15) is 0 Å². The van der Waals surface area contributed by atoms with Crippen molar-refractivity contribution in [3.63, 3.8) is 0 Å². The van der Waals surface area contributed by atoms with Crippen LogP contribution in [-0.4, -0.2) is 26.2 Å². The Morgan fingerprint density at radius 2 is 2.08 bits per heavy atom. The number of benzene rings is 2. The molecule has 2 N–H and O–H groups in total. The summed E-state index contributed by atoms with van der Waals surface area (Å²) in [6, 6.07) is 13.6. The number of hydrogen-bond acceptors (Lipinski definition) is 4. The van der Waals surface area contributed by atoms with Crippen LogP contribution in [0.15, 0.2) is 42.5 Å². The first-order chi connectivity index (χ1) is 12.2. The lowest BCUT2D eigenvalue weighted by atomic mass is 9.95. The van der Waals surface area contributed by atoms with Crippen molar-refractivity contribution < 1.29 is 14.3 Å². The molecule has 2 aromatic carbocycles. The molecule has 0 spiro atoms. The summed E-state index contributed by atoms with van der Waals surface area (Å²) < 4.78 is 11.0. The molecule has 0 radical (unpaired) electrons. The summed E-state index contributed by atoms with van der Waals surface area (Å²) in [6.07, 6.45) is 0.647. The number of amides is 1. The van der Waals surface area contributed by atoms with Gasteiger partial charge in [-0.05, 0) is 48.4 Å². The van der Waals surface area contributed by atoms with E-state index in [4.69, 9.17) is 9.47 Å². The number of anilines is 1. The SMILES string of the molecule is CCNCc1ccccc1NC(=O)C1COc2ccc(OC)cc2C1.Cl. The van der Waals surface area contributed by atoms with Crippen LogP contribution in [0.1, 0.15) is 18.1 Å². The average molecular weight is 377 g/mol. The highest BCUT2D eigenvalue weighted by molar-refractivity contribution is 5.93. The van der Waals surface area contributed by atoms with Crippen LogP contribution < -0.4 is 20.1 Å². The van der Waals surface area contributed by atoms with Gasteiger partial charge in [-0.3, -0.25) is 4.79 Å². The number of carbonyl (C=O) groups excluding carboxylic acids is 1. The number of nitrogens with one attached hydrogen (secondary N) is 2. The molecule has 0 saturated heterocycles. The highest BCUT2D eigenvalue weighted by Crippen LogP contribution is 2.31. The van der Waals surface area contributed by atoms with Crippen LogP contribution in [0.5, 0.6) is 11.5 Å².